The lowest BCUT2D eigenvalue weighted by atomic mass is 9.34. The van der Waals surface area contributed by atoms with Crippen LogP contribution in [0.4, 0.5) is 5.95 Å². The lowest BCUT2D eigenvalue weighted by molar-refractivity contribution is -0.255. The van der Waals surface area contributed by atoms with E-state index >= 15 is 0 Å². The molecule has 0 unspecified atom stereocenters. The van der Waals surface area contributed by atoms with Gasteiger partial charge in [-0.1, -0.05) is 95.5 Å². The second kappa shape index (κ2) is 12.7. The van der Waals surface area contributed by atoms with Crippen molar-refractivity contribution < 1.29 is 19.4 Å². The fourth-order valence-corrected chi connectivity index (χ4v) is 12.9. The van der Waals surface area contributed by atoms with Crippen molar-refractivity contribution in [3.63, 3.8) is 0 Å². The number of ether oxygens (including phenoxy) is 2. The molecule has 3 saturated carbocycles. The molecule has 2 heterocycles. The SMILES string of the molecule is CC(C)[C@@H](C)[C@@]1(C)CC[C@]2(C)[C@H]3CC[C@@H]4[C@@]5(C)COC[C@@]4(C3=CC[C@@]2(C)[C@@H]1C(=O)O)[C@@H](OC[C@@H](c1ccccc1)N(C)C)[C@H](n1nnc(N)n1)C5. The maximum absolute atomic E-state index is 13.6. The molecule has 280 valence electrons. The first-order valence-corrected chi connectivity index (χ1v) is 19.4. The monoisotopic (exact) mass is 702 g/mol. The van der Waals surface area contributed by atoms with E-state index in [1.165, 1.54) is 11.1 Å². The van der Waals surface area contributed by atoms with Crippen molar-refractivity contribution in [2.45, 2.75) is 105 Å². The standard InChI is InChI=1S/C41H62N6O4/c1-25(2)26(3)38(5)19-20-39(6)28-15-16-32-37(4)21-30(47-44-36(42)43-45-47)34(51-22-31(46(8)9)27-13-11-10-12-14-27)41(32,24-50-23-37)29(28)17-18-40(39,7)33(38)35(48)49/h10-14,17,25-26,28,30-34H,15-16,18-24H2,1-9H3,(H2,42,44)(H,48,49)/t26-,28+,30-,31+,32-,33-,34+,37-,38-,39-,40+,41+/m1/s1. The van der Waals surface area contributed by atoms with Gasteiger partial charge in [0.25, 0.3) is 5.95 Å². The molecule has 3 N–H and O–H groups in total. The third-order valence-electron chi connectivity index (χ3n) is 16.0. The molecule has 2 aromatic rings. The second-order valence-corrected chi connectivity index (χ2v) is 18.8. The number of rotatable bonds is 9. The number of aromatic nitrogens is 4. The van der Waals surface area contributed by atoms with Gasteiger partial charge in [-0.3, -0.25) is 4.79 Å². The minimum absolute atomic E-state index is 0.0455. The van der Waals surface area contributed by atoms with E-state index in [4.69, 9.17) is 15.2 Å². The van der Waals surface area contributed by atoms with Gasteiger partial charge in [-0.25, -0.2) is 0 Å². The summed E-state index contributed by atoms with van der Waals surface area (Å²) in [4.78, 5) is 17.5. The minimum Gasteiger partial charge on any atom is -0.481 e. The predicted molar refractivity (Wildman–Crippen MR) is 197 cm³/mol. The van der Waals surface area contributed by atoms with E-state index < -0.39 is 22.7 Å². The van der Waals surface area contributed by atoms with Crippen LogP contribution in [0, 0.1) is 56.7 Å². The first-order valence-electron chi connectivity index (χ1n) is 19.4. The van der Waals surface area contributed by atoms with Gasteiger partial charge in [0.05, 0.1) is 37.9 Å². The van der Waals surface area contributed by atoms with Crippen molar-refractivity contribution in [3.05, 3.63) is 47.5 Å². The molecule has 0 spiro atoms. The van der Waals surface area contributed by atoms with E-state index in [0.717, 1.165) is 38.5 Å². The first-order chi connectivity index (χ1) is 24.0. The summed E-state index contributed by atoms with van der Waals surface area (Å²) in [6.07, 6.45) is 7.76. The van der Waals surface area contributed by atoms with Gasteiger partial charge in [-0.2, -0.15) is 4.80 Å². The molecule has 4 aliphatic carbocycles. The summed E-state index contributed by atoms with van der Waals surface area (Å²) in [5.41, 5.74) is 7.31. The van der Waals surface area contributed by atoms with Gasteiger partial charge in [0, 0.05) is 5.41 Å². The smallest absolute Gasteiger partial charge is 0.307 e. The van der Waals surface area contributed by atoms with Gasteiger partial charge in [0.1, 0.15) is 6.04 Å². The Balaban J connectivity index is 1.37. The van der Waals surface area contributed by atoms with Crippen LogP contribution in [0.1, 0.15) is 105 Å². The van der Waals surface area contributed by atoms with Crippen molar-refractivity contribution in [2.24, 2.45) is 56.7 Å². The summed E-state index contributed by atoms with van der Waals surface area (Å²) in [7, 11) is 4.22. The maximum atomic E-state index is 13.6. The lowest BCUT2D eigenvalue weighted by Gasteiger charge is -2.71. The number of hydrogen-bond acceptors (Lipinski definition) is 8. The van der Waals surface area contributed by atoms with E-state index in [-0.39, 0.29) is 46.3 Å². The minimum atomic E-state index is -0.639. The van der Waals surface area contributed by atoms with Crippen molar-refractivity contribution in [2.75, 3.05) is 39.6 Å². The second-order valence-electron chi connectivity index (χ2n) is 18.8. The molecule has 2 bridgehead atoms. The summed E-state index contributed by atoms with van der Waals surface area (Å²) in [5, 5.41) is 24.4. The Morgan fingerprint density at radius 2 is 1.80 bits per heavy atom. The van der Waals surface area contributed by atoms with Crippen LogP contribution in [0.5, 0.6) is 0 Å². The molecule has 12 atom stereocenters. The number of fused-ring (bicyclic) bond motifs is 3. The third kappa shape index (κ3) is 5.27. The van der Waals surface area contributed by atoms with E-state index in [1.807, 2.05) is 0 Å². The summed E-state index contributed by atoms with van der Waals surface area (Å²) < 4.78 is 14.1. The average molecular weight is 703 g/mol. The number of carbonyl (C=O) groups is 1. The summed E-state index contributed by atoms with van der Waals surface area (Å²) in [6.45, 7) is 17.9. The number of hydrogen-bond donors (Lipinski definition) is 2. The largest absolute Gasteiger partial charge is 0.481 e. The van der Waals surface area contributed by atoms with E-state index in [9.17, 15) is 9.90 Å². The number of tetrazole rings is 1. The fourth-order valence-electron chi connectivity index (χ4n) is 12.9. The molecule has 1 aromatic carbocycles. The summed E-state index contributed by atoms with van der Waals surface area (Å²) in [5.74, 6) is 0.345. The Bertz CT molecular complexity index is 1650. The number of nitrogens with zero attached hydrogens (tertiary/aromatic N) is 5. The normalized spacial score (nSPS) is 41.6. The molecule has 0 radical (unpaired) electrons. The lowest BCUT2D eigenvalue weighted by Crippen LogP contribution is -2.70. The van der Waals surface area contributed by atoms with Gasteiger partial charge in [0.2, 0.25) is 0 Å². The molecule has 1 aromatic heterocycles. The molecule has 5 aliphatic rings. The number of carboxylic acids is 1. The Morgan fingerprint density at radius 1 is 1.08 bits per heavy atom. The molecule has 7 rings (SSSR count). The van der Waals surface area contributed by atoms with Gasteiger partial charge in [0.15, 0.2) is 0 Å². The number of benzene rings is 1. The van der Waals surface area contributed by atoms with Gasteiger partial charge in [-0.15, -0.1) is 5.10 Å². The van der Waals surface area contributed by atoms with Crippen LogP contribution < -0.4 is 5.73 Å². The Kier molecular flexibility index (Phi) is 9.06. The topological polar surface area (TPSA) is 129 Å². The molecular formula is C41H62N6O4. The van der Waals surface area contributed by atoms with Crippen LogP contribution in [-0.2, 0) is 14.3 Å². The molecule has 1 saturated heterocycles. The highest BCUT2D eigenvalue weighted by atomic mass is 16.5. The summed E-state index contributed by atoms with van der Waals surface area (Å²) in [6, 6.07) is 10.4. The van der Waals surface area contributed by atoms with Crippen molar-refractivity contribution in [1.29, 1.82) is 0 Å². The zero-order chi connectivity index (χ0) is 36.7. The number of allylic oxidation sites excluding steroid dienone is 1. The van der Waals surface area contributed by atoms with Gasteiger partial charge < -0.3 is 25.2 Å². The quantitative estimate of drug-likeness (QED) is 0.264. The van der Waals surface area contributed by atoms with Crippen LogP contribution in [0.15, 0.2) is 42.0 Å². The molecule has 0 amide bonds. The highest BCUT2D eigenvalue weighted by Crippen LogP contribution is 2.75. The van der Waals surface area contributed by atoms with Crippen molar-refractivity contribution in [1.82, 2.24) is 25.1 Å². The Hall–Kier alpha value is -2.82. The number of anilines is 1. The van der Waals surface area contributed by atoms with Crippen molar-refractivity contribution in [3.8, 4) is 0 Å². The van der Waals surface area contributed by atoms with Crippen LogP contribution in [0.2, 0.25) is 0 Å². The number of nitrogens with two attached hydrogens (primary N) is 1. The maximum Gasteiger partial charge on any atom is 0.307 e. The Morgan fingerprint density at radius 3 is 2.43 bits per heavy atom. The Labute approximate surface area is 304 Å². The molecule has 10 nitrogen and oxygen atoms in total. The molecule has 4 fully saturated rings. The molecule has 51 heavy (non-hydrogen) atoms. The van der Waals surface area contributed by atoms with Gasteiger partial charge in [-0.05, 0) is 109 Å². The number of aliphatic carboxylic acids is 1. The zero-order valence-electron chi connectivity index (χ0n) is 32.4. The number of likely N-dealkylation sites (N-methyl/N-ethyl adjacent to an activating group) is 1. The third-order valence-corrected chi connectivity index (χ3v) is 16.0. The summed E-state index contributed by atoms with van der Waals surface area (Å²) >= 11 is 0. The highest BCUT2D eigenvalue weighted by Gasteiger charge is 2.72. The molecular weight excluding hydrogens is 640 g/mol. The zero-order valence-corrected chi connectivity index (χ0v) is 32.4. The molecule has 1 aliphatic heterocycles. The van der Waals surface area contributed by atoms with Crippen LogP contribution in [0.25, 0.3) is 0 Å². The van der Waals surface area contributed by atoms with Crippen molar-refractivity contribution >= 4 is 11.9 Å². The molecule has 10 heteroatoms. The van der Waals surface area contributed by atoms with Crippen LogP contribution in [0.3, 0.4) is 0 Å². The van der Waals surface area contributed by atoms with Crippen LogP contribution in [-0.4, -0.2) is 76.2 Å². The predicted octanol–water partition coefficient (Wildman–Crippen LogP) is 7.07. The van der Waals surface area contributed by atoms with Gasteiger partial charge >= 0.3 is 5.97 Å². The average Bonchev–Trinajstić information content (AvgIpc) is 3.51. The number of nitrogen functional groups attached to an aromatic ring is 1. The highest BCUT2D eigenvalue weighted by molar-refractivity contribution is 5.73. The number of carboxylic acid groups (broad SMARTS) is 1. The van der Waals surface area contributed by atoms with E-state index in [2.05, 4.69) is 119 Å². The first kappa shape index (κ1) is 36.5. The van der Waals surface area contributed by atoms with E-state index in [1.54, 1.807) is 4.80 Å². The van der Waals surface area contributed by atoms with Crippen LogP contribution >= 0.6 is 0 Å². The fraction of sp³-hybridized carbons (Fsp3) is 0.756. The van der Waals surface area contributed by atoms with E-state index in [0.29, 0.717) is 37.6 Å².